The number of aromatic nitrogens is 1. The van der Waals surface area contributed by atoms with Crippen LogP contribution in [0.3, 0.4) is 0 Å². The van der Waals surface area contributed by atoms with Gasteiger partial charge in [0, 0.05) is 5.02 Å². The van der Waals surface area contributed by atoms with Crippen molar-refractivity contribution in [1.82, 2.24) is 4.57 Å². The number of hydrogen-bond acceptors (Lipinski definition) is 7. The summed E-state index contributed by atoms with van der Waals surface area (Å²) in [5.41, 5.74) is 0.408. The molecule has 1 heterocycles. The highest BCUT2D eigenvalue weighted by Gasteiger charge is 2.18. The molecule has 0 saturated carbocycles. The molecule has 13 heteroatoms. The number of nitrogens with zero attached hydrogens (tertiary/aromatic N) is 2. The molecular weight excluding hydrogens is 474 g/mol. The Bertz CT molecular complexity index is 1390. The topological polar surface area (TPSA) is 138 Å². The van der Waals surface area contributed by atoms with Gasteiger partial charge < -0.3 is 9.30 Å². The maximum atomic E-state index is 12.7. The van der Waals surface area contributed by atoms with Gasteiger partial charge in [-0.3, -0.25) is 4.79 Å². The van der Waals surface area contributed by atoms with Gasteiger partial charge >= 0.3 is 5.97 Å². The second kappa shape index (κ2) is 8.47. The molecular formula is C17H16ClN3O6S3. The highest BCUT2D eigenvalue weighted by atomic mass is 35.5. The van der Waals surface area contributed by atoms with Crippen molar-refractivity contribution in [2.45, 2.75) is 23.3 Å². The zero-order valence-electron chi connectivity index (χ0n) is 15.5. The summed E-state index contributed by atoms with van der Waals surface area (Å²) in [6.45, 7) is 1.48. The number of halogens is 1. The smallest absolute Gasteiger partial charge is 0.326 e. The first kappa shape index (κ1) is 22.4. The largest absolute Gasteiger partial charge is 0.465 e. The third-order valence-corrected chi connectivity index (χ3v) is 7.49. The minimum Gasteiger partial charge on any atom is -0.465 e. The van der Waals surface area contributed by atoms with Gasteiger partial charge in [0.1, 0.15) is 6.54 Å². The number of rotatable bonds is 6. The molecule has 0 aliphatic rings. The number of ether oxygens (including phenoxy) is 1. The summed E-state index contributed by atoms with van der Waals surface area (Å²) < 4.78 is 59.3. The van der Waals surface area contributed by atoms with Crippen LogP contribution in [-0.4, -0.2) is 34.0 Å². The Kier molecular flexibility index (Phi) is 6.34. The number of fused-ring (bicyclic) bond motifs is 1. The summed E-state index contributed by atoms with van der Waals surface area (Å²) in [5, 5.41) is 5.53. The SMILES string of the molecule is CCOC(=O)Cn1c(=NS(=O)(=O)c2ccc(Cl)cc2)sc2cc(S(N)(=O)=O)ccc21. The average molecular weight is 490 g/mol. The van der Waals surface area contributed by atoms with E-state index in [1.807, 2.05) is 0 Å². The fourth-order valence-electron chi connectivity index (χ4n) is 2.55. The van der Waals surface area contributed by atoms with Gasteiger partial charge in [-0.05, 0) is 49.4 Å². The average Bonchev–Trinajstić information content (AvgIpc) is 2.97. The third-order valence-electron chi connectivity index (χ3n) is 3.89. The molecule has 0 atom stereocenters. The van der Waals surface area contributed by atoms with Crippen LogP contribution >= 0.6 is 22.9 Å². The molecule has 1 aromatic heterocycles. The van der Waals surface area contributed by atoms with Crippen molar-refractivity contribution >= 4 is 59.2 Å². The van der Waals surface area contributed by atoms with E-state index in [-0.39, 0.29) is 27.7 Å². The maximum absolute atomic E-state index is 12.7. The summed E-state index contributed by atoms with van der Waals surface area (Å²) in [5.74, 6) is -0.599. The number of thiazole rings is 1. The minimum atomic E-state index is -4.13. The Balaban J connectivity index is 2.24. The lowest BCUT2D eigenvalue weighted by Crippen LogP contribution is -2.23. The van der Waals surface area contributed by atoms with E-state index in [2.05, 4.69) is 4.40 Å². The summed E-state index contributed by atoms with van der Waals surface area (Å²) >= 11 is 6.70. The van der Waals surface area contributed by atoms with Crippen LogP contribution < -0.4 is 9.94 Å². The van der Waals surface area contributed by atoms with Crippen LogP contribution in [0, 0.1) is 0 Å². The predicted molar refractivity (Wildman–Crippen MR) is 112 cm³/mol. The zero-order chi connectivity index (χ0) is 22.1. The first-order chi connectivity index (χ1) is 14.0. The van der Waals surface area contributed by atoms with E-state index >= 15 is 0 Å². The molecule has 0 unspecified atom stereocenters. The lowest BCUT2D eigenvalue weighted by atomic mass is 10.3. The molecule has 0 amide bonds. The number of carbonyl (C=O) groups is 1. The van der Waals surface area contributed by atoms with Gasteiger partial charge in [-0.1, -0.05) is 22.9 Å². The van der Waals surface area contributed by atoms with Crippen LogP contribution in [0.5, 0.6) is 0 Å². The van der Waals surface area contributed by atoms with Crippen molar-refractivity contribution in [3.63, 3.8) is 0 Å². The zero-order valence-corrected chi connectivity index (χ0v) is 18.7. The monoisotopic (exact) mass is 489 g/mol. The Labute approximate surface area is 181 Å². The van der Waals surface area contributed by atoms with E-state index < -0.39 is 26.0 Å². The molecule has 0 aliphatic heterocycles. The Morgan fingerprint density at radius 3 is 2.37 bits per heavy atom. The Morgan fingerprint density at radius 1 is 1.13 bits per heavy atom. The van der Waals surface area contributed by atoms with Gasteiger partial charge in [0.15, 0.2) is 0 Å². The Hall–Kier alpha value is -2.25. The lowest BCUT2D eigenvalue weighted by molar-refractivity contribution is -0.143. The molecule has 0 bridgehead atoms. The third kappa shape index (κ3) is 4.90. The molecule has 0 fully saturated rings. The number of esters is 1. The van der Waals surface area contributed by atoms with Crippen LogP contribution in [-0.2, 0) is 36.1 Å². The normalized spacial score (nSPS) is 13.0. The van der Waals surface area contributed by atoms with Gasteiger partial charge in [0.05, 0.1) is 26.6 Å². The highest BCUT2D eigenvalue weighted by molar-refractivity contribution is 7.90. The maximum Gasteiger partial charge on any atom is 0.326 e. The molecule has 160 valence electrons. The van der Waals surface area contributed by atoms with E-state index in [1.165, 1.54) is 47.0 Å². The van der Waals surface area contributed by atoms with Crippen molar-refractivity contribution in [2.24, 2.45) is 9.54 Å². The van der Waals surface area contributed by atoms with E-state index in [1.54, 1.807) is 6.92 Å². The van der Waals surface area contributed by atoms with Crippen molar-refractivity contribution in [3.05, 3.63) is 52.3 Å². The fraction of sp³-hybridized carbons (Fsp3) is 0.176. The number of carbonyl (C=O) groups excluding carboxylic acids is 1. The molecule has 3 aromatic rings. The standard InChI is InChI=1S/C17H16ClN3O6S3/c1-2-27-16(22)10-21-14-8-7-13(29(19,23)24)9-15(14)28-17(21)20-30(25,26)12-5-3-11(18)4-6-12/h3-9H,2,10H2,1H3,(H2,19,23,24). The molecule has 2 aromatic carbocycles. The van der Waals surface area contributed by atoms with Crippen molar-refractivity contribution in [2.75, 3.05) is 6.61 Å². The van der Waals surface area contributed by atoms with Crippen LogP contribution in [0.2, 0.25) is 5.02 Å². The van der Waals surface area contributed by atoms with Crippen molar-refractivity contribution in [1.29, 1.82) is 0 Å². The summed E-state index contributed by atoms with van der Waals surface area (Å²) in [4.78, 5) is 11.8. The second-order valence-electron chi connectivity index (χ2n) is 5.97. The lowest BCUT2D eigenvalue weighted by Gasteiger charge is -2.06. The number of nitrogens with two attached hydrogens (primary N) is 1. The Morgan fingerprint density at radius 2 is 1.77 bits per heavy atom. The number of benzene rings is 2. The molecule has 0 saturated heterocycles. The molecule has 9 nitrogen and oxygen atoms in total. The summed E-state index contributed by atoms with van der Waals surface area (Å²) in [6, 6.07) is 9.44. The van der Waals surface area contributed by atoms with Gasteiger partial charge in [0.2, 0.25) is 14.8 Å². The summed E-state index contributed by atoms with van der Waals surface area (Å²) in [6.07, 6.45) is 0. The molecule has 0 aliphatic carbocycles. The number of sulfonamides is 2. The van der Waals surface area contributed by atoms with Crippen molar-refractivity contribution in [3.8, 4) is 0 Å². The van der Waals surface area contributed by atoms with E-state index in [9.17, 15) is 21.6 Å². The van der Waals surface area contributed by atoms with E-state index in [0.717, 1.165) is 11.3 Å². The summed E-state index contributed by atoms with van der Waals surface area (Å²) in [7, 11) is -8.09. The second-order valence-corrected chi connectivity index (χ2v) is 10.6. The van der Waals surface area contributed by atoms with Crippen LogP contribution in [0.15, 0.2) is 56.7 Å². The van der Waals surface area contributed by atoms with Gasteiger partial charge in [-0.15, -0.1) is 4.40 Å². The quantitative estimate of drug-likeness (QED) is 0.524. The molecule has 2 N–H and O–H groups in total. The molecule has 30 heavy (non-hydrogen) atoms. The predicted octanol–water partition coefficient (Wildman–Crippen LogP) is 1.86. The fourth-order valence-corrected chi connectivity index (χ4v) is 5.56. The minimum absolute atomic E-state index is 0.0282. The number of primary sulfonamides is 1. The van der Waals surface area contributed by atoms with E-state index in [4.69, 9.17) is 21.5 Å². The van der Waals surface area contributed by atoms with E-state index in [0.29, 0.717) is 15.2 Å². The van der Waals surface area contributed by atoms with Crippen LogP contribution in [0.1, 0.15) is 6.92 Å². The molecule has 0 spiro atoms. The van der Waals surface area contributed by atoms with Crippen molar-refractivity contribution < 1.29 is 26.4 Å². The highest BCUT2D eigenvalue weighted by Crippen LogP contribution is 2.22. The molecule has 0 radical (unpaired) electrons. The number of hydrogen-bond donors (Lipinski definition) is 1. The van der Waals surface area contributed by atoms with Crippen LogP contribution in [0.4, 0.5) is 0 Å². The first-order valence-electron chi connectivity index (χ1n) is 8.39. The van der Waals surface area contributed by atoms with Gasteiger partial charge in [-0.2, -0.15) is 8.42 Å². The van der Waals surface area contributed by atoms with Gasteiger partial charge in [-0.25, -0.2) is 13.6 Å². The van der Waals surface area contributed by atoms with Crippen LogP contribution in [0.25, 0.3) is 10.2 Å². The van der Waals surface area contributed by atoms with Gasteiger partial charge in [0.25, 0.3) is 10.0 Å². The first-order valence-corrected chi connectivity index (χ1v) is 12.6. The molecule has 3 rings (SSSR count).